The number of hydrogen-bond acceptors (Lipinski definition) is 8. The van der Waals surface area contributed by atoms with Crippen LogP contribution in [0, 0.1) is 0 Å². The largest absolute Gasteiger partial charge is 0.465 e. The summed E-state index contributed by atoms with van der Waals surface area (Å²) in [7, 11) is 1.34. The van der Waals surface area contributed by atoms with E-state index in [-0.39, 0.29) is 11.6 Å². The molecule has 0 aliphatic carbocycles. The van der Waals surface area contributed by atoms with Gasteiger partial charge in [-0.1, -0.05) is 22.0 Å². The Labute approximate surface area is 180 Å². The zero-order valence-corrected chi connectivity index (χ0v) is 17.4. The summed E-state index contributed by atoms with van der Waals surface area (Å²) in [5.41, 5.74) is 8.28. The molecular weight excluding hydrogens is 450 g/mol. The van der Waals surface area contributed by atoms with Crippen molar-refractivity contribution in [2.24, 2.45) is 0 Å². The zero-order chi connectivity index (χ0) is 21.1. The van der Waals surface area contributed by atoms with Crippen molar-refractivity contribution in [2.75, 3.05) is 18.2 Å². The molecule has 3 N–H and O–H groups in total. The predicted molar refractivity (Wildman–Crippen MR) is 117 cm³/mol. The summed E-state index contributed by atoms with van der Waals surface area (Å²) in [4.78, 5) is 24.3. The monoisotopic (exact) mass is 465 g/mol. The van der Waals surface area contributed by atoms with Gasteiger partial charge in [0.2, 0.25) is 5.88 Å². The van der Waals surface area contributed by atoms with E-state index in [0.717, 1.165) is 9.86 Å². The predicted octanol–water partition coefficient (Wildman–Crippen LogP) is 4.69. The molecule has 0 unspecified atom stereocenters. The number of esters is 1. The topological polar surface area (TPSA) is 112 Å². The molecule has 0 aliphatic heterocycles. The van der Waals surface area contributed by atoms with Crippen LogP contribution in [0.1, 0.15) is 10.4 Å². The molecule has 4 rings (SSSR count). The lowest BCUT2D eigenvalue weighted by molar-refractivity contribution is 0.0601. The van der Waals surface area contributed by atoms with Crippen LogP contribution in [0.2, 0.25) is 0 Å². The van der Waals surface area contributed by atoms with Gasteiger partial charge in [0.1, 0.15) is 17.5 Å². The average Bonchev–Trinajstić information content (AvgIpc) is 2.78. The molecule has 0 atom stereocenters. The van der Waals surface area contributed by atoms with Gasteiger partial charge < -0.3 is 20.5 Å². The van der Waals surface area contributed by atoms with E-state index in [2.05, 4.69) is 36.2 Å². The maximum absolute atomic E-state index is 11.6. The number of hydrogen-bond donors (Lipinski definition) is 2. The summed E-state index contributed by atoms with van der Waals surface area (Å²) in [6.45, 7) is 0. The highest BCUT2D eigenvalue weighted by molar-refractivity contribution is 9.10. The van der Waals surface area contributed by atoms with E-state index in [1.165, 1.54) is 13.4 Å². The Kier molecular flexibility index (Phi) is 5.44. The van der Waals surface area contributed by atoms with Gasteiger partial charge >= 0.3 is 5.97 Å². The van der Waals surface area contributed by atoms with Crippen LogP contribution < -0.4 is 15.8 Å². The van der Waals surface area contributed by atoms with Crippen LogP contribution in [0.5, 0.6) is 11.6 Å². The van der Waals surface area contributed by atoms with Crippen LogP contribution in [-0.2, 0) is 4.74 Å². The molecule has 0 amide bonds. The first-order valence-electron chi connectivity index (χ1n) is 8.84. The SMILES string of the molecule is COC(=O)c1ccc(Nc2ncnc(Oc3ccc(Br)c4cccnc34)c2N)cc1. The van der Waals surface area contributed by atoms with Crippen molar-refractivity contribution in [2.45, 2.75) is 0 Å². The third kappa shape index (κ3) is 3.87. The number of fused-ring (bicyclic) bond motifs is 1. The Balaban J connectivity index is 1.61. The van der Waals surface area contributed by atoms with E-state index in [9.17, 15) is 4.79 Å². The van der Waals surface area contributed by atoms with Gasteiger partial charge in [0.15, 0.2) is 11.6 Å². The number of rotatable bonds is 5. The van der Waals surface area contributed by atoms with Crippen LogP contribution in [-0.4, -0.2) is 28.0 Å². The van der Waals surface area contributed by atoms with Gasteiger partial charge in [-0.3, -0.25) is 4.98 Å². The Hall–Kier alpha value is -3.72. The van der Waals surface area contributed by atoms with Crippen molar-refractivity contribution in [3.05, 3.63) is 71.1 Å². The number of carbonyl (C=O) groups excluding carboxylic acids is 1. The Bertz CT molecular complexity index is 1230. The first kappa shape index (κ1) is 19.6. The molecule has 2 aromatic heterocycles. The second kappa shape index (κ2) is 8.34. The minimum Gasteiger partial charge on any atom is -0.465 e. The molecule has 30 heavy (non-hydrogen) atoms. The number of benzene rings is 2. The minimum absolute atomic E-state index is 0.202. The summed E-state index contributed by atoms with van der Waals surface area (Å²) in [5.74, 6) is 0.690. The van der Waals surface area contributed by atoms with E-state index in [4.69, 9.17) is 15.2 Å². The number of aromatic nitrogens is 3. The fourth-order valence-corrected chi connectivity index (χ4v) is 3.26. The van der Waals surface area contributed by atoms with E-state index in [1.54, 1.807) is 36.5 Å². The minimum atomic E-state index is -0.408. The number of halogens is 1. The number of nitrogens with zero attached hydrogens (tertiary/aromatic N) is 3. The molecule has 2 heterocycles. The second-order valence-electron chi connectivity index (χ2n) is 6.18. The number of anilines is 3. The summed E-state index contributed by atoms with van der Waals surface area (Å²) >= 11 is 3.51. The van der Waals surface area contributed by atoms with E-state index in [0.29, 0.717) is 28.3 Å². The molecule has 0 saturated heterocycles. The number of ether oxygens (including phenoxy) is 2. The number of nitrogen functional groups attached to an aromatic ring is 1. The van der Waals surface area contributed by atoms with Crippen molar-refractivity contribution in [1.82, 2.24) is 15.0 Å². The lowest BCUT2D eigenvalue weighted by atomic mass is 10.2. The van der Waals surface area contributed by atoms with Gasteiger partial charge in [0.05, 0.1) is 12.7 Å². The van der Waals surface area contributed by atoms with Crippen molar-refractivity contribution in [3.63, 3.8) is 0 Å². The fraction of sp³-hybridized carbons (Fsp3) is 0.0476. The smallest absolute Gasteiger partial charge is 0.337 e. The Morgan fingerprint density at radius 3 is 2.63 bits per heavy atom. The van der Waals surface area contributed by atoms with Crippen LogP contribution >= 0.6 is 15.9 Å². The molecule has 4 aromatic rings. The highest BCUT2D eigenvalue weighted by Gasteiger charge is 2.14. The zero-order valence-electron chi connectivity index (χ0n) is 15.8. The molecule has 2 aromatic carbocycles. The first-order chi connectivity index (χ1) is 14.6. The van der Waals surface area contributed by atoms with Crippen LogP contribution in [0.3, 0.4) is 0 Å². The highest BCUT2D eigenvalue weighted by atomic mass is 79.9. The maximum Gasteiger partial charge on any atom is 0.337 e. The van der Waals surface area contributed by atoms with Crippen LogP contribution in [0.4, 0.5) is 17.2 Å². The van der Waals surface area contributed by atoms with E-state index < -0.39 is 5.97 Å². The Morgan fingerprint density at radius 2 is 1.87 bits per heavy atom. The molecular formula is C21H16BrN5O3. The molecule has 0 spiro atoms. The highest BCUT2D eigenvalue weighted by Crippen LogP contribution is 2.35. The molecule has 0 bridgehead atoms. The first-order valence-corrected chi connectivity index (χ1v) is 9.63. The molecule has 0 aliphatic rings. The van der Waals surface area contributed by atoms with Gasteiger partial charge in [-0.05, 0) is 42.5 Å². The van der Waals surface area contributed by atoms with Crippen molar-refractivity contribution in [3.8, 4) is 11.6 Å². The van der Waals surface area contributed by atoms with Crippen molar-refractivity contribution >= 4 is 50.0 Å². The molecule has 0 saturated carbocycles. The van der Waals surface area contributed by atoms with Crippen molar-refractivity contribution in [1.29, 1.82) is 0 Å². The Morgan fingerprint density at radius 1 is 1.07 bits per heavy atom. The van der Waals surface area contributed by atoms with E-state index in [1.807, 2.05) is 18.2 Å². The van der Waals surface area contributed by atoms with Crippen LogP contribution in [0.15, 0.2) is 65.5 Å². The third-order valence-electron chi connectivity index (χ3n) is 4.30. The average molecular weight is 466 g/mol. The molecule has 0 radical (unpaired) electrons. The van der Waals surface area contributed by atoms with Crippen LogP contribution in [0.25, 0.3) is 10.9 Å². The number of nitrogens with two attached hydrogens (primary N) is 1. The molecule has 9 heteroatoms. The number of methoxy groups -OCH3 is 1. The van der Waals surface area contributed by atoms with E-state index >= 15 is 0 Å². The second-order valence-corrected chi connectivity index (χ2v) is 7.04. The molecule has 8 nitrogen and oxygen atoms in total. The number of nitrogens with one attached hydrogen (secondary N) is 1. The lowest BCUT2D eigenvalue weighted by Crippen LogP contribution is -2.04. The summed E-state index contributed by atoms with van der Waals surface area (Å²) in [5, 5.41) is 4.01. The standard InChI is InChI=1S/C21H16BrN5O3/c1-29-21(28)12-4-6-13(7-5-12)27-19-17(23)20(26-11-25-19)30-16-9-8-15(22)14-3-2-10-24-18(14)16/h2-11H,23H2,1H3,(H,25,26,27). The van der Waals surface area contributed by atoms with Gasteiger partial charge in [-0.25, -0.2) is 9.78 Å². The lowest BCUT2D eigenvalue weighted by Gasteiger charge is -2.13. The molecule has 150 valence electrons. The van der Waals surface area contributed by atoms with Gasteiger partial charge in [0, 0.05) is 21.7 Å². The summed E-state index contributed by atoms with van der Waals surface area (Å²) in [6.07, 6.45) is 3.04. The number of carbonyl (C=O) groups is 1. The quantitative estimate of drug-likeness (QED) is 0.408. The normalized spacial score (nSPS) is 10.6. The van der Waals surface area contributed by atoms with Gasteiger partial charge in [-0.15, -0.1) is 0 Å². The van der Waals surface area contributed by atoms with Gasteiger partial charge in [-0.2, -0.15) is 4.98 Å². The summed E-state index contributed by atoms with van der Waals surface area (Å²) < 4.78 is 11.6. The van der Waals surface area contributed by atoms with Gasteiger partial charge in [0.25, 0.3) is 0 Å². The fourth-order valence-electron chi connectivity index (χ4n) is 2.80. The molecule has 0 fully saturated rings. The van der Waals surface area contributed by atoms with Crippen molar-refractivity contribution < 1.29 is 14.3 Å². The summed E-state index contributed by atoms with van der Waals surface area (Å²) in [6, 6.07) is 14.2. The maximum atomic E-state index is 11.6. The number of pyridine rings is 1. The third-order valence-corrected chi connectivity index (χ3v) is 4.99.